The highest BCUT2D eigenvalue weighted by atomic mass is 79.9. The molecule has 0 bridgehead atoms. The van der Waals surface area contributed by atoms with Crippen LogP contribution in [0.2, 0.25) is 0 Å². The fourth-order valence-electron chi connectivity index (χ4n) is 3.77. The van der Waals surface area contributed by atoms with Gasteiger partial charge in [-0.2, -0.15) is 0 Å². The number of aryl methyl sites for hydroxylation is 1. The van der Waals surface area contributed by atoms with Gasteiger partial charge in [0.25, 0.3) is 0 Å². The van der Waals surface area contributed by atoms with E-state index in [0.29, 0.717) is 13.1 Å². The van der Waals surface area contributed by atoms with Gasteiger partial charge in [0.05, 0.1) is 0 Å². The number of aliphatic imine (C=N–C) groups is 1. The summed E-state index contributed by atoms with van der Waals surface area (Å²) in [4.78, 5) is 4.72. The van der Waals surface area contributed by atoms with Crippen molar-refractivity contribution in [3.05, 3.63) is 58.6 Å². The molecule has 1 saturated carbocycles. The highest BCUT2D eigenvalue weighted by molar-refractivity contribution is 9.10. The lowest BCUT2D eigenvalue weighted by Crippen LogP contribution is -2.44. The summed E-state index contributed by atoms with van der Waals surface area (Å²) in [6, 6.07) is 8.71. The lowest BCUT2D eigenvalue weighted by molar-refractivity contribution is 0.431. The Balaban J connectivity index is 1.75. The first-order valence-corrected chi connectivity index (χ1v) is 10.6. The lowest BCUT2D eigenvalue weighted by atomic mass is 9.79. The van der Waals surface area contributed by atoms with Gasteiger partial charge in [0.2, 0.25) is 0 Å². The number of nitrogens with one attached hydrogen (secondary N) is 2. The molecule has 1 aliphatic carbocycles. The second kappa shape index (κ2) is 9.37. The van der Waals surface area contributed by atoms with E-state index in [9.17, 15) is 0 Å². The summed E-state index contributed by atoms with van der Waals surface area (Å²) in [5.41, 5.74) is 1.53. The molecule has 6 nitrogen and oxygen atoms in total. The van der Waals surface area contributed by atoms with E-state index >= 15 is 0 Å². The Labute approximate surface area is 175 Å². The highest BCUT2D eigenvalue weighted by Gasteiger charge is 2.35. The van der Waals surface area contributed by atoms with Crippen LogP contribution in [0, 0.1) is 6.92 Å². The molecule has 0 saturated heterocycles. The van der Waals surface area contributed by atoms with E-state index in [1.54, 1.807) is 0 Å². The average Bonchev–Trinajstić information content (AvgIpc) is 3.30. The Hall–Kier alpha value is -2.15. The molecular weight excluding hydrogens is 416 g/mol. The lowest BCUT2D eigenvalue weighted by Gasteiger charge is -2.31. The molecule has 150 valence electrons. The van der Waals surface area contributed by atoms with Gasteiger partial charge in [-0.25, -0.2) is 4.99 Å². The van der Waals surface area contributed by atoms with Crippen molar-refractivity contribution in [3.8, 4) is 0 Å². The zero-order valence-electron chi connectivity index (χ0n) is 16.7. The van der Waals surface area contributed by atoms with E-state index in [2.05, 4.69) is 67.6 Å². The van der Waals surface area contributed by atoms with Gasteiger partial charge in [0.15, 0.2) is 11.8 Å². The third-order valence-corrected chi connectivity index (χ3v) is 6.06. The fraction of sp³-hybridized carbons (Fsp3) is 0.476. The van der Waals surface area contributed by atoms with Crippen molar-refractivity contribution in [2.75, 3.05) is 13.1 Å². The van der Waals surface area contributed by atoms with Crippen LogP contribution in [0.25, 0.3) is 0 Å². The Morgan fingerprint density at radius 1 is 1.32 bits per heavy atom. The van der Waals surface area contributed by atoms with Gasteiger partial charge in [-0.3, -0.25) is 0 Å². The number of aromatic nitrogens is 3. The van der Waals surface area contributed by atoms with Crippen LogP contribution in [0.4, 0.5) is 0 Å². The first-order chi connectivity index (χ1) is 13.5. The molecule has 1 heterocycles. The quantitative estimate of drug-likeness (QED) is 0.388. The molecule has 2 N–H and O–H groups in total. The van der Waals surface area contributed by atoms with Crippen LogP contribution in [-0.2, 0) is 19.0 Å². The molecule has 1 aromatic heterocycles. The molecule has 0 aliphatic heterocycles. The predicted octanol–water partition coefficient (Wildman–Crippen LogP) is 3.62. The smallest absolute Gasteiger partial charge is 0.191 e. The summed E-state index contributed by atoms with van der Waals surface area (Å²) in [7, 11) is 1.96. The van der Waals surface area contributed by atoms with Crippen LogP contribution in [-0.4, -0.2) is 33.8 Å². The molecule has 28 heavy (non-hydrogen) atoms. The van der Waals surface area contributed by atoms with Crippen LogP contribution in [0.15, 0.2) is 46.4 Å². The number of benzene rings is 1. The largest absolute Gasteiger partial charge is 0.355 e. The molecule has 2 aromatic rings. The van der Waals surface area contributed by atoms with E-state index in [4.69, 9.17) is 4.99 Å². The number of nitrogens with zero attached hydrogens (tertiary/aromatic N) is 4. The summed E-state index contributed by atoms with van der Waals surface area (Å²) in [6.45, 7) is 7.73. The standard InChI is InChI=1S/C21H29BrN6/c1-4-12-23-20(24-14-19-27-26-16(2)28(19)3)25-15-21(10-5-6-11-21)17-8-7-9-18(22)13-17/h4,7-9,13H,1,5-6,10-12,14-15H2,2-3H3,(H2,23,24,25). The Morgan fingerprint density at radius 2 is 2.11 bits per heavy atom. The summed E-state index contributed by atoms with van der Waals surface area (Å²) in [6.07, 6.45) is 6.74. The van der Waals surface area contributed by atoms with Crippen molar-refractivity contribution in [2.24, 2.45) is 12.0 Å². The zero-order chi connectivity index (χ0) is 20.0. The maximum Gasteiger partial charge on any atom is 0.191 e. The SMILES string of the molecule is C=CCNC(=NCc1nnc(C)n1C)NCC1(c2cccc(Br)c2)CCCC1. The molecule has 7 heteroatoms. The molecule has 1 fully saturated rings. The van der Waals surface area contributed by atoms with Crippen LogP contribution >= 0.6 is 15.9 Å². The van der Waals surface area contributed by atoms with Crippen molar-refractivity contribution < 1.29 is 0 Å². The minimum absolute atomic E-state index is 0.141. The van der Waals surface area contributed by atoms with E-state index in [0.717, 1.165) is 28.6 Å². The Morgan fingerprint density at radius 3 is 2.75 bits per heavy atom. The Kier molecular flexibility index (Phi) is 6.88. The summed E-state index contributed by atoms with van der Waals surface area (Å²) in [5.74, 6) is 2.51. The maximum atomic E-state index is 4.72. The molecular formula is C21H29BrN6. The van der Waals surface area contributed by atoms with Crippen molar-refractivity contribution in [3.63, 3.8) is 0 Å². The van der Waals surface area contributed by atoms with Crippen LogP contribution in [0.3, 0.4) is 0 Å². The van der Waals surface area contributed by atoms with Gasteiger partial charge in [0, 0.05) is 30.0 Å². The van der Waals surface area contributed by atoms with Gasteiger partial charge >= 0.3 is 0 Å². The first-order valence-electron chi connectivity index (χ1n) is 9.78. The maximum absolute atomic E-state index is 4.72. The van der Waals surface area contributed by atoms with Gasteiger partial charge in [-0.05, 0) is 37.5 Å². The number of hydrogen-bond acceptors (Lipinski definition) is 3. The third-order valence-electron chi connectivity index (χ3n) is 5.57. The molecule has 0 spiro atoms. The van der Waals surface area contributed by atoms with Crippen molar-refractivity contribution in [2.45, 2.75) is 44.6 Å². The average molecular weight is 445 g/mol. The second-order valence-electron chi connectivity index (χ2n) is 7.41. The summed E-state index contributed by atoms with van der Waals surface area (Å²) < 4.78 is 3.10. The number of halogens is 1. The van der Waals surface area contributed by atoms with Crippen LogP contribution in [0.1, 0.15) is 42.9 Å². The third kappa shape index (κ3) is 4.82. The van der Waals surface area contributed by atoms with E-state index < -0.39 is 0 Å². The minimum atomic E-state index is 0.141. The molecule has 1 aromatic carbocycles. The summed E-state index contributed by atoms with van der Waals surface area (Å²) in [5, 5.41) is 15.2. The van der Waals surface area contributed by atoms with Gasteiger partial charge in [-0.1, -0.05) is 47.0 Å². The first kappa shape index (κ1) is 20.6. The van der Waals surface area contributed by atoms with E-state index in [1.165, 1.54) is 31.2 Å². The number of hydrogen-bond donors (Lipinski definition) is 2. The van der Waals surface area contributed by atoms with E-state index in [-0.39, 0.29) is 5.41 Å². The molecule has 1 aliphatic rings. The normalized spacial score (nSPS) is 16.2. The van der Waals surface area contributed by atoms with Crippen molar-refractivity contribution in [1.29, 1.82) is 0 Å². The molecule has 3 rings (SSSR count). The number of guanidine groups is 1. The zero-order valence-corrected chi connectivity index (χ0v) is 18.3. The predicted molar refractivity (Wildman–Crippen MR) is 117 cm³/mol. The molecule has 0 unspecified atom stereocenters. The molecule has 0 radical (unpaired) electrons. The molecule has 0 amide bonds. The van der Waals surface area contributed by atoms with Gasteiger partial charge < -0.3 is 15.2 Å². The van der Waals surface area contributed by atoms with Crippen LogP contribution in [0.5, 0.6) is 0 Å². The topological polar surface area (TPSA) is 67.1 Å². The Bertz CT molecular complexity index is 835. The second-order valence-corrected chi connectivity index (χ2v) is 8.32. The van der Waals surface area contributed by atoms with Gasteiger partial charge in [-0.15, -0.1) is 16.8 Å². The fourth-order valence-corrected chi connectivity index (χ4v) is 4.17. The summed E-state index contributed by atoms with van der Waals surface area (Å²) >= 11 is 3.62. The van der Waals surface area contributed by atoms with Crippen LogP contribution < -0.4 is 10.6 Å². The van der Waals surface area contributed by atoms with Crippen molar-refractivity contribution >= 4 is 21.9 Å². The number of rotatable bonds is 7. The van der Waals surface area contributed by atoms with Crippen molar-refractivity contribution in [1.82, 2.24) is 25.4 Å². The molecule has 0 atom stereocenters. The highest BCUT2D eigenvalue weighted by Crippen LogP contribution is 2.41. The minimum Gasteiger partial charge on any atom is -0.355 e. The monoisotopic (exact) mass is 444 g/mol. The van der Waals surface area contributed by atoms with Gasteiger partial charge in [0.1, 0.15) is 12.4 Å². The van der Waals surface area contributed by atoms with E-state index in [1.807, 2.05) is 24.6 Å².